The Morgan fingerprint density at radius 2 is 1.67 bits per heavy atom. The molecule has 0 bridgehead atoms. The van der Waals surface area contributed by atoms with E-state index in [2.05, 4.69) is 69.1 Å². The zero-order valence-corrected chi connectivity index (χ0v) is 13.7. The van der Waals surface area contributed by atoms with Gasteiger partial charge in [-0.05, 0) is 24.5 Å². The molecular weight excluding hydrogens is 298 g/mol. The quantitative estimate of drug-likeness (QED) is 0.695. The Balaban J connectivity index is 1.56. The molecule has 2 N–H and O–H groups in total. The molecule has 0 spiro atoms. The first-order chi connectivity index (χ1) is 11.8. The van der Waals surface area contributed by atoms with Gasteiger partial charge in [-0.15, -0.1) is 5.10 Å². The summed E-state index contributed by atoms with van der Waals surface area (Å²) in [5.74, 6) is 1.25. The molecule has 1 unspecified atom stereocenters. The second-order valence-electron chi connectivity index (χ2n) is 5.60. The summed E-state index contributed by atoms with van der Waals surface area (Å²) >= 11 is 0. The smallest absolute Gasteiger partial charge is 0.245 e. The predicted molar refractivity (Wildman–Crippen MR) is 96.9 cm³/mol. The van der Waals surface area contributed by atoms with Crippen LogP contribution in [0.15, 0.2) is 66.9 Å². The summed E-state index contributed by atoms with van der Waals surface area (Å²) in [5.41, 5.74) is 2.48. The number of benzene rings is 2. The Bertz CT molecular complexity index is 746. The standard InChI is InChI=1S/C19H21N5/c1-15(17-10-6-3-7-11-17)22-19-23-18(14-21-24-19)20-13-12-16-8-4-2-5-9-16/h2-11,14-15H,12-13H2,1H3,(H2,20,22,23,24). The van der Waals surface area contributed by atoms with Crippen LogP contribution in [0.25, 0.3) is 0 Å². The molecule has 0 aliphatic rings. The van der Waals surface area contributed by atoms with Crippen molar-refractivity contribution < 1.29 is 0 Å². The maximum absolute atomic E-state index is 4.47. The van der Waals surface area contributed by atoms with Gasteiger partial charge in [0.1, 0.15) is 0 Å². The lowest BCUT2D eigenvalue weighted by atomic mass is 10.1. The van der Waals surface area contributed by atoms with Gasteiger partial charge in [-0.3, -0.25) is 0 Å². The van der Waals surface area contributed by atoms with Crippen LogP contribution in [0.4, 0.5) is 11.8 Å². The van der Waals surface area contributed by atoms with Gasteiger partial charge in [0.25, 0.3) is 0 Å². The minimum absolute atomic E-state index is 0.118. The Morgan fingerprint density at radius 1 is 0.958 bits per heavy atom. The van der Waals surface area contributed by atoms with Gasteiger partial charge in [0.15, 0.2) is 5.82 Å². The fourth-order valence-corrected chi connectivity index (χ4v) is 2.45. The number of nitrogens with one attached hydrogen (secondary N) is 2. The van der Waals surface area contributed by atoms with Crippen molar-refractivity contribution in [3.63, 3.8) is 0 Å². The van der Waals surface area contributed by atoms with Crippen LogP contribution in [0.2, 0.25) is 0 Å². The molecule has 0 aliphatic carbocycles. The summed E-state index contributed by atoms with van der Waals surface area (Å²) in [4.78, 5) is 4.47. The number of rotatable bonds is 7. The average Bonchev–Trinajstić information content (AvgIpc) is 2.64. The molecule has 0 amide bonds. The number of hydrogen-bond acceptors (Lipinski definition) is 5. The number of hydrogen-bond donors (Lipinski definition) is 2. The van der Waals surface area contributed by atoms with Crippen molar-refractivity contribution in [2.24, 2.45) is 0 Å². The highest BCUT2D eigenvalue weighted by molar-refractivity contribution is 5.39. The molecule has 5 nitrogen and oxygen atoms in total. The van der Waals surface area contributed by atoms with Crippen molar-refractivity contribution in [1.82, 2.24) is 15.2 Å². The molecule has 0 saturated carbocycles. The van der Waals surface area contributed by atoms with Crippen LogP contribution in [0, 0.1) is 0 Å². The SMILES string of the molecule is CC(Nc1nncc(NCCc2ccccc2)n1)c1ccccc1. The highest BCUT2D eigenvalue weighted by Gasteiger charge is 2.07. The van der Waals surface area contributed by atoms with Gasteiger partial charge >= 0.3 is 0 Å². The molecule has 122 valence electrons. The van der Waals surface area contributed by atoms with Gasteiger partial charge in [0.05, 0.1) is 12.2 Å². The highest BCUT2D eigenvalue weighted by Crippen LogP contribution is 2.16. The lowest BCUT2D eigenvalue weighted by Crippen LogP contribution is -2.12. The number of nitrogens with zero attached hydrogens (tertiary/aromatic N) is 3. The van der Waals surface area contributed by atoms with Crippen LogP contribution < -0.4 is 10.6 Å². The molecule has 0 radical (unpaired) electrons. The molecule has 1 atom stereocenters. The van der Waals surface area contributed by atoms with Crippen LogP contribution in [-0.2, 0) is 6.42 Å². The van der Waals surface area contributed by atoms with E-state index >= 15 is 0 Å². The maximum atomic E-state index is 4.47. The fraction of sp³-hybridized carbons (Fsp3) is 0.211. The second kappa shape index (κ2) is 8.06. The Morgan fingerprint density at radius 3 is 2.42 bits per heavy atom. The van der Waals surface area contributed by atoms with E-state index in [1.807, 2.05) is 24.3 Å². The van der Waals surface area contributed by atoms with Crippen LogP contribution in [0.1, 0.15) is 24.1 Å². The summed E-state index contributed by atoms with van der Waals surface area (Å²) in [6.07, 6.45) is 2.58. The van der Waals surface area contributed by atoms with Gasteiger partial charge in [-0.1, -0.05) is 60.7 Å². The highest BCUT2D eigenvalue weighted by atomic mass is 15.3. The summed E-state index contributed by atoms with van der Waals surface area (Å²) in [6.45, 7) is 2.88. The van der Waals surface area contributed by atoms with Crippen LogP contribution in [0.3, 0.4) is 0 Å². The van der Waals surface area contributed by atoms with Crippen molar-refractivity contribution in [3.05, 3.63) is 78.0 Å². The van der Waals surface area contributed by atoms with Gasteiger partial charge in [-0.2, -0.15) is 10.1 Å². The molecule has 1 aromatic heterocycles. The minimum Gasteiger partial charge on any atom is -0.368 e. The third-order valence-corrected chi connectivity index (χ3v) is 3.77. The predicted octanol–water partition coefficient (Wildman–Crippen LogP) is 3.70. The third kappa shape index (κ3) is 4.52. The van der Waals surface area contributed by atoms with Gasteiger partial charge in [0.2, 0.25) is 5.95 Å². The molecule has 0 fully saturated rings. The molecule has 3 aromatic rings. The van der Waals surface area contributed by atoms with Crippen molar-refractivity contribution in [1.29, 1.82) is 0 Å². The van der Waals surface area contributed by atoms with Gasteiger partial charge in [-0.25, -0.2) is 0 Å². The second-order valence-corrected chi connectivity index (χ2v) is 5.60. The van der Waals surface area contributed by atoms with E-state index in [4.69, 9.17) is 0 Å². The molecule has 1 heterocycles. The minimum atomic E-state index is 0.118. The lowest BCUT2D eigenvalue weighted by molar-refractivity contribution is 0.838. The molecule has 0 aliphatic heterocycles. The van der Waals surface area contributed by atoms with E-state index in [0.29, 0.717) is 5.95 Å². The number of aromatic nitrogens is 3. The Hall–Kier alpha value is -2.95. The molecule has 2 aromatic carbocycles. The summed E-state index contributed by atoms with van der Waals surface area (Å²) < 4.78 is 0. The lowest BCUT2D eigenvalue weighted by Gasteiger charge is -2.14. The van der Waals surface area contributed by atoms with Crippen molar-refractivity contribution in [2.45, 2.75) is 19.4 Å². The molecule has 3 rings (SSSR count). The van der Waals surface area contributed by atoms with E-state index in [1.54, 1.807) is 6.20 Å². The van der Waals surface area contributed by atoms with Crippen molar-refractivity contribution >= 4 is 11.8 Å². The van der Waals surface area contributed by atoms with Gasteiger partial charge < -0.3 is 10.6 Å². The first kappa shape index (κ1) is 15.9. The first-order valence-corrected chi connectivity index (χ1v) is 8.10. The average molecular weight is 319 g/mol. The van der Waals surface area contributed by atoms with Crippen LogP contribution >= 0.6 is 0 Å². The largest absolute Gasteiger partial charge is 0.368 e. The van der Waals surface area contributed by atoms with Crippen LogP contribution in [-0.4, -0.2) is 21.7 Å². The number of anilines is 2. The van der Waals surface area contributed by atoms with E-state index < -0.39 is 0 Å². The topological polar surface area (TPSA) is 62.7 Å². The third-order valence-electron chi connectivity index (χ3n) is 3.77. The molecule has 5 heteroatoms. The van der Waals surface area contributed by atoms with Crippen LogP contribution in [0.5, 0.6) is 0 Å². The summed E-state index contributed by atoms with van der Waals surface area (Å²) in [5, 5.41) is 14.7. The molecule has 24 heavy (non-hydrogen) atoms. The van der Waals surface area contributed by atoms with E-state index in [1.165, 1.54) is 11.1 Å². The molecule has 0 saturated heterocycles. The Labute approximate surface area is 142 Å². The molecular formula is C19H21N5. The zero-order valence-electron chi connectivity index (χ0n) is 13.7. The normalized spacial score (nSPS) is 11.7. The van der Waals surface area contributed by atoms with Gasteiger partial charge in [0, 0.05) is 6.54 Å². The summed E-state index contributed by atoms with van der Waals surface area (Å²) in [6, 6.07) is 20.7. The van der Waals surface area contributed by atoms with Crippen molar-refractivity contribution in [3.8, 4) is 0 Å². The Kier molecular flexibility index (Phi) is 5.35. The summed E-state index contributed by atoms with van der Waals surface area (Å²) in [7, 11) is 0. The van der Waals surface area contributed by atoms with E-state index in [-0.39, 0.29) is 6.04 Å². The van der Waals surface area contributed by atoms with E-state index in [9.17, 15) is 0 Å². The van der Waals surface area contributed by atoms with E-state index in [0.717, 1.165) is 18.8 Å². The zero-order chi connectivity index (χ0) is 16.6. The first-order valence-electron chi connectivity index (χ1n) is 8.10. The fourth-order valence-electron chi connectivity index (χ4n) is 2.45. The maximum Gasteiger partial charge on any atom is 0.245 e. The van der Waals surface area contributed by atoms with Crippen molar-refractivity contribution in [2.75, 3.05) is 17.2 Å². The monoisotopic (exact) mass is 319 g/mol.